The van der Waals surface area contributed by atoms with Crippen LogP contribution in [0.5, 0.6) is 0 Å². The number of allylic oxidation sites excluding steroid dienone is 2. The van der Waals surface area contributed by atoms with E-state index in [1.165, 1.54) is 34.4 Å². The quantitative estimate of drug-likeness (QED) is 0.240. The molecule has 0 aromatic carbocycles. The van der Waals surface area contributed by atoms with Gasteiger partial charge in [0.2, 0.25) is 11.9 Å². The number of thiazole rings is 1. The van der Waals surface area contributed by atoms with Crippen LogP contribution in [0.2, 0.25) is 0 Å². The Hall–Kier alpha value is -3.86. The Morgan fingerprint density at radius 3 is 2.65 bits per heavy atom. The van der Waals surface area contributed by atoms with Gasteiger partial charge in [0, 0.05) is 11.8 Å². The number of carboxylic acid groups (broad SMARTS) is 1. The van der Waals surface area contributed by atoms with Gasteiger partial charge in [-0.1, -0.05) is 12.2 Å². The molecule has 0 saturated carbocycles. The van der Waals surface area contributed by atoms with Crippen LogP contribution < -0.4 is 16.6 Å². The number of nitrogens with zero attached hydrogens (tertiary/aromatic N) is 4. The van der Waals surface area contributed by atoms with Gasteiger partial charge in [0.1, 0.15) is 11.1 Å². The van der Waals surface area contributed by atoms with E-state index in [0.717, 1.165) is 18.7 Å². The lowest BCUT2D eigenvalue weighted by molar-refractivity contribution is -0.161. The van der Waals surface area contributed by atoms with E-state index in [1.807, 2.05) is 0 Å². The highest BCUT2D eigenvalue weighted by molar-refractivity contribution is 8.01. The first kappa shape index (κ1) is 30.6. The molecule has 3 aromatic rings. The number of hydrogen-bond acceptors (Lipinski definition) is 12. The number of amides is 1. The number of aliphatic carboxylic acids is 1. The van der Waals surface area contributed by atoms with Crippen LogP contribution >= 0.6 is 23.1 Å². The average Bonchev–Trinajstić information content (AvgIpc) is 3.59. The smallest absolute Gasteiger partial charge is 0.336 e. The summed E-state index contributed by atoms with van der Waals surface area (Å²) in [7, 11) is 0. The Labute approximate surface area is 253 Å². The van der Waals surface area contributed by atoms with E-state index < -0.39 is 62.9 Å². The summed E-state index contributed by atoms with van der Waals surface area (Å²) < 4.78 is -0.209. The fourth-order valence-corrected chi connectivity index (χ4v) is 8.40. The van der Waals surface area contributed by atoms with Crippen LogP contribution in [0.4, 0.5) is 5.95 Å². The first-order chi connectivity index (χ1) is 20.2. The summed E-state index contributed by atoms with van der Waals surface area (Å²) >= 11 is 2.16. The van der Waals surface area contributed by atoms with Crippen LogP contribution in [-0.2, 0) is 19.9 Å². The molecule has 0 radical (unpaired) electrons. The van der Waals surface area contributed by atoms with Crippen molar-refractivity contribution in [1.29, 1.82) is 0 Å². The molecule has 0 aliphatic carbocycles. The molecular formula is C27H31N7O7S2. The number of aliphatic hydroxyl groups is 2. The van der Waals surface area contributed by atoms with Crippen molar-refractivity contribution >= 4 is 63.9 Å². The largest absolute Gasteiger partial charge is 0.479 e. The number of thioether (sulfide) groups is 1. The summed E-state index contributed by atoms with van der Waals surface area (Å²) in [4.78, 5) is 67.5. The van der Waals surface area contributed by atoms with Gasteiger partial charge in [-0.3, -0.25) is 19.4 Å². The minimum Gasteiger partial charge on any atom is -0.479 e. The number of fused-ring (bicyclic) bond motifs is 5. The van der Waals surface area contributed by atoms with Crippen LogP contribution in [0.3, 0.4) is 0 Å². The normalized spacial score (nSPS) is 31.2. The predicted octanol–water partition coefficient (Wildman–Crippen LogP) is 1.12. The summed E-state index contributed by atoms with van der Waals surface area (Å²) in [5.41, 5.74) is 2.06. The lowest BCUT2D eigenvalue weighted by Crippen LogP contribution is -2.64. The van der Waals surface area contributed by atoms with Crippen LogP contribution in [0.25, 0.3) is 17.2 Å². The maximum absolute atomic E-state index is 13.5. The number of rotatable bonds is 3. The fraction of sp³-hybridized carbons (Fsp3) is 0.444. The molecule has 16 heteroatoms. The molecule has 5 rings (SSSR count). The van der Waals surface area contributed by atoms with Gasteiger partial charge in [0.05, 0.1) is 33.6 Å². The molecule has 1 unspecified atom stereocenters. The highest BCUT2D eigenvalue weighted by Crippen LogP contribution is 2.56. The van der Waals surface area contributed by atoms with Gasteiger partial charge in [-0.25, -0.2) is 14.8 Å². The third kappa shape index (κ3) is 5.28. The van der Waals surface area contributed by atoms with Gasteiger partial charge in [-0.15, -0.1) is 23.1 Å². The number of ketones is 1. The molecule has 1 saturated heterocycles. The first-order valence-electron chi connectivity index (χ1n) is 13.4. The van der Waals surface area contributed by atoms with E-state index in [-0.39, 0.29) is 30.0 Å². The summed E-state index contributed by atoms with van der Waals surface area (Å²) in [5, 5.41) is 37.3. The monoisotopic (exact) mass is 629 g/mol. The molecule has 4 bridgehead atoms. The number of imidazole rings is 1. The number of aliphatic hydroxyl groups excluding tert-OH is 1. The minimum absolute atomic E-state index is 0.0358. The third-order valence-corrected chi connectivity index (χ3v) is 11.5. The zero-order valence-electron chi connectivity index (χ0n) is 23.5. The number of nitrogen functional groups attached to an aromatic ring is 1. The van der Waals surface area contributed by atoms with Gasteiger partial charge < -0.3 is 30.9 Å². The number of carboxylic acids is 1. The van der Waals surface area contributed by atoms with Crippen LogP contribution in [0.15, 0.2) is 34.7 Å². The lowest BCUT2D eigenvalue weighted by Gasteiger charge is -2.54. The van der Waals surface area contributed by atoms with Crippen LogP contribution in [0, 0.1) is 0 Å². The summed E-state index contributed by atoms with van der Waals surface area (Å²) in [6, 6.07) is -0.513. The Morgan fingerprint density at radius 2 is 1.93 bits per heavy atom. The molecule has 1 fully saturated rings. The van der Waals surface area contributed by atoms with Crippen molar-refractivity contribution in [3.05, 3.63) is 51.0 Å². The molecule has 3 aromatic heterocycles. The van der Waals surface area contributed by atoms with Crippen molar-refractivity contribution in [3.8, 4) is 0 Å². The number of carbonyl (C=O) groups excluding carboxylic acids is 2. The van der Waals surface area contributed by atoms with E-state index in [1.54, 1.807) is 31.4 Å². The second kappa shape index (κ2) is 11.0. The average molecular weight is 630 g/mol. The maximum atomic E-state index is 13.5. The number of carbonyl (C=O) groups is 3. The SMILES string of the molecule is C[C@H]1NC(=O)CC2([C@@](C)(O)C(=O)O)CC[C@@](C)(n3cnc4nc(N)[nH]c(=O)c43)[C@@H](S2)[C@@H](O)C(=O)/C=C/C=C\c2csc1n2. The Balaban J connectivity index is 1.68. The topological polar surface area (TPSA) is 226 Å². The van der Waals surface area contributed by atoms with Crippen molar-refractivity contribution in [2.45, 2.75) is 73.3 Å². The number of H-pyrrole nitrogens is 1. The van der Waals surface area contributed by atoms with E-state index in [4.69, 9.17) is 5.73 Å². The molecule has 1 amide bonds. The minimum atomic E-state index is -2.47. The van der Waals surface area contributed by atoms with E-state index in [0.29, 0.717) is 10.7 Å². The van der Waals surface area contributed by atoms with Gasteiger partial charge in [0.15, 0.2) is 22.5 Å². The molecule has 0 spiro atoms. The second-order valence-electron chi connectivity index (χ2n) is 11.1. The number of hydrogen-bond donors (Lipinski definition) is 6. The maximum Gasteiger partial charge on any atom is 0.336 e. The summed E-state index contributed by atoms with van der Waals surface area (Å²) in [6.45, 7) is 4.54. The predicted molar refractivity (Wildman–Crippen MR) is 160 cm³/mol. The standard InChI is InChI=1S/C27H31N7O7S2/c1-13-22-31-14(11-42-22)6-4-5-7-15(35)18(37)19-25(2,34-12-29-20-17(34)21(38)33-24(28)32-20)8-9-27(43-19,10-16(36)30-13)26(3,41)23(39)40/h4-7,11-13,18-19,37,41H,8-10H2,1-3H3,(H,30,36)(H,39,40)(H3,28,32,33,38)/b6-4-,7-5+/t13-,18+,19+,25-,26+,27?/m1/s1. The Bertz CT molecular complexity index is 1730. The van der Waals surface area contributed by atoms with Crippen molar-refractivity contribution in [2.24, 2.45) is 0 Å². The van der Waals surface area contributed by atoms with Gasteiger partial charge >= 0.3 is 5.97 Å². The molecule has 2 aliphatic heterocycles. The summed E-state index contributed by atoms with van der Waals surface area (Å²) in [6.07, 6.45) is 5.04. The zero-order chi connectivity index (χ0) is 31.3. The molecule has 7 N–H and O–H groups in total. The zero-order valence-corrected chi connectivity index (χ0v) is 25.1. The fourth-order valence-electron chi connectivity index (χ4n) is 5.62. The van der Waals surface area contributed by atoms with Crippen molar-refractivity contribution in [3.63, 3.8) is 0 Å². The van der Waals surface area contributed by atoms with Crippen molar-refractivity contribution in [2.75, 3.05) is 5.73 Å². The summed E-state index contributed by atoms with van der Waals surface area (Å²) in [5.74, 6) is -2.97. The van der Waals surface area contributed by atoms with Crippen LogP contribution in [-0.4, -0.2) is 79.2 Å². The van der Waals surface area contributed by atoms with Gasteiger partial charge in [-0.2, -0.15) is 4.98 Å². The Morgan fingerprint density at radius 1 is 1.21 bits per heavy atom. The number of aromatic amines is 1. The van der Waals surface area contributed by atoms with E-state index >= 15 is 0 Å². The van der Waals surface area contributed by atoms with E-state index in [2.05, 4.69) is 25.3 Å². The molecule has 228 valence electrons. The number of nitrogens with two attached hydrogens (primary N) is 1. The molecule has 6 atom stereocenters. The van der Waals surface area contributed by atoms with E-state index in [9.17, 15) is 34.5 Å². The van der Waals surface area contributed by atoms with Crippen LogP contribution in [0.1, 0.15) is 56.8 Å². The molecule has 5 heterocycles. The molecule has 2 aliphatic rings. The third-order valence-electron chi connectivity index (χ3n) is 8.24. The van der Waals surface area contributed by atoms with Crippen molar-refractivity contribution in [1.82, 2.24) is 29.8 Å². The number of anilines is 1. The number of aromatic nitrogens is 5. The van der Waals surface area contributed by atoms with Crippen molar-refractivity contribution < 1.29 is 29.7 Å². The van der Waals surface area contributed by atoms with Gasteiger partial charge in [0.25, 0.3) is 5.56 Å². The molecule has 14 nitrogen and oxygen atoms in total. The Kier molecular flexibility index (Phi) is 7.83. The second-order valence-corrected chi connectivity index (χ2v) is 13.6. The van der Waals surface area contributed by atoms with Gasteiger partial charge in [-0.05, 0) is 45.8 Å². The molecule has 43 heavy (non-hydrogen) atoms. The highest BCUT2D eigenvalue weighted by atomic mass is 32.2. The number of nitrogens with one attached hydrogen (secondary N) is 2. The lowest BCUT2D eigenvalue weighted by atomic mass is 9.75. The highest BCUT2D eigenvalue weighted by Gasteiger charge is 2.62. The molecular weight excluding hydrogens is 598 g/mol. The first-order valence-corrected chi connectivity index (χ1v) is 15.1.